The Kier molecular flexibility index (Phi) is 7.97. The Morgan fingerprint density at radius 3 is 2.67 bits per heavy atom. The van der Waals surface area contributed by atoms with E-state index in [1.165, 1.54) is 19.3 Å². The maximum atomic E-state index is 12.4. The fourth-order valence-electron chi connectivity index (χ4n) is 3.69. The molecule has 1 amide bonds. The molecule has 6 heteroatoms. The van der Waals surface area contributed by atoms with Gasteiger partial charge in [-0.1, -0.05) is 12.5 Å². The van der Waals surface area contributed by atoms with Crippen LogP contribution in [-0.2, 0) is 4.79 Å². The number of rotatable bonds is 9. The summed E-state index contributed by atoms with van der Waals surface area (Å²) in [6.45, 7) is 6.51. The number of piperidine rings is 1. The van der Waals surface area contributed by atoms with Crippen molar-refractivity contribution in [2.45, 2.75) is 45.3 Å². The van der Waals surface area contributed by atoms with Gasteiger partial charge in [-0.25, -0.2) is 0 Å². The van der Waals surface area contributed by atoms with Gasteiger partial charge in [0.25, 0.3) is 0 Å². The molecule has 1 aliphatic rings. The Morgan fingerprint density at radius 2 is 2.00 bits per heavy atom. The summed E-state index contributed by atoms with van der Waals surface area (Å²) >= 11 is 0. The molecule has 1 saturated heterocycles. The predicted octanol–water partition coefficient (Wildman–Crippen LogP) is 4.43. The van der Waals surface area contributed by atoms with Crippen molar-refractivity contribution in [1.82, 2.24) is 10.2 Å². The van der Waals surface area contributed by atoms with Crippen molar-refractivity contribution in [3.05, 3.63) is 54.0 Å². The number of likely N-dealkylation sites (tertiary alicyclic amines) is 1. The first kappa shape index (κ1) is 22.0. The number of carbonyl (C=O) groups excluding carboxylic acids is 1. The molecule has 1 aliphatic heterocycles. The fourth-order valence-corrected chi connectivity index (χ4v) is 3.69. The lowest BCUT2D eigenvalue weighted by Gasteiger charge is -2.33. The number of furan rings is 1. The van der Waals surface area contributed by atoms with Gasteiger partial charge in [0.1, 0.15) is 5.76 Å². The summed E-state index contributed by atoms with van der Waals surface area (Å²) in [6, 6.07) is 9.57. The monoisotopic (exact) mass is 412 g/mol. The van der Waals surface area contributed by atoms with Crippen molar-refractivity contribution in [3.63, 3.8) is 0 Å². The van der Waals surface area contributed by atoms with Gasteiger partial charge in [-0.15, -0.1) is 0 Å². The molecule has 0 saturated carbocycles. The molecule has 1 N–H and O–H groups in total. The first-order chi connectivity index (χ1) is 14.6. The lowest BCUT2D eigenvalue weighted by Crippen LogP contribution is -2.40. The standard InChI is InChI=1S/C24H32N2O4/c1-18(2)30-22-11-9-19(16-23(22)28-3)10-12-24(27)25-17-20(21-8-7-15-29-21)26-13-5-4-6-14-26/h7-12,15-16,18,20H,4-6,13-14,17H2,1-3H3,(H,25,27). The smallest absolute Gasteiger partial charge is 0.244 e. The fraction of sp³-hybridized carbons (Fsp3) is 0.458. The van der Waals surface area contributed by atoms with Crippen LogP contribution >= 0.6 is 0 Å². The molecular weight excluding hydrogens is 380 g/mol. The number of ether oxygens (including phenoxy) is 2. The Hall–Kier alpha value is -2.73. The summed E-state index contributed by atoms with van der Waals surface area (Å²) in [6.07, 6.45) is 8.71. The van der Waals surface area contributed by atoms with Crippen LogP contribution in [0.2, 0.25) is 0 Å². The molecule has 0 aliphatic carbocycles. The normalized spacial score (nSPS) is 16.0. The number of nitrogens with one attached hydrogen (secondary N) is 1. The van der Waals surface area contributed by atoms with Crippen LogP contribution in [0.3, 0.4) is 0 Å². The zero-order valence-corrected chi connectivity index (χ0v) is 18.1. The maximum absolute atomic E-state index is 12.4. The van der Waals surface area contributed by atoms with Crippen LogP contribution in [0.1, 0.15) is 50.5 Å². The molecule has 162 valence electrons. The van der Waals surface area contributed by atoms with Gasteiger partial charge in [-0.2, -0.15) is 0 Å². The predicted molar refractivity (Wildman–Crippen MR) is 118 cm³/mol. The van der Waals surface area contributed by atoms with Crippen LogP contribution in [0.4, 0.5) is 0 Å². The average Bonchev–Trinajstić information content (AvgIpc) is 3.28. The molecular formula is C24H32N2O4. The molecule has 1 aromatic carbocycles. The van der Waals surface area contributed by atoms with E-state index in [0.717, 1.165) is 24.4 Å². The number of methoxy groups -OCH3 is 1. The highest BCUT2D eigenvalue weighted by atomic mass is 16.5. The molecule has 0 radical (unpaired) electrons. The third-order valence-electron chi connectivity index (χ3n) is 5.15. The quantitative estimate of drug-likeness (QED) is 0.617. The second kappa shape index (κ2) is 10.9. The SMILES string of the molecule is COc1cc(C=CC(=O)NCC(c2ccco2)N2CCCCC2)ccc1OC(C)C. The van der Waals surface area contributed by atoms with E-state index in [4.69, 9.17) is 13.9 Å². The minimum atomic E-state index is -0.134. The number of carbonyl (C=O) groups is 1. The van der Waals surface area contributed by atoms with Crippen molar-refractivity contribution in [3.8, 4) is 11.5 Å². The first-order valence-corrected chi connectivity index (χ1v) is 10.6. The van der Waals surface area contributed by atoms with Crippen LogP contribution in [0.5, 0.6) is 11.5 Å². The average molecular weight is 413 g/mol. The number of nitrogens with zero attached hydrogens (tertiary/aromatic N) is 1. The van der Waals surface area contributed by atoms with Gasteiger partial charge < -0.3 is 19.2 Å². The van der Waals surface area contributed by atoms with Gasteiger partial charge >= 0.3 is 0 Å². The van der Waals surface area contributed by atoms with Gasteiger partial charge in [0.2, 0.25) is 5.91 Å². The van der Waals surface area contributed by atoms with E-state index < -0.39 is 0 Å². The van der Waals surface area contributed by atoms with Crippen LogP contribution in [-0.4, -0.2) is 43.7 Å². The zero-order chi connectivity index (χ0) is 21.3. The Balaban J connectivity index is 1.60. The van der Waals surface area contributed by atoms with Crippen molar-refractivity contribution < 1.29 is 18.7 Å². The molecule has 2 aromatic rings. The summed E-state index contributed by atoms with van der Waals surface area (Å²) in [4.78, 5) is 14.8. The summed E-state index contributed by atoms with van der Waals surface area (Å²) in [5.41, 5.74) is 0.872. The van der Waals surface area contributed by atoms with Crippen LogP contribution < -0.4 is 14.8 Å². The molecule has 6 nitrogen and oxygen atoms in total. The van der Waals surface area contributed by atoms with E-state index in [1.807, 2.05) is 44.2 Å². The molecule has 1 unspecified atom stereocenters. The van der Waals surface area contributed by atoms with Gasteiger partial charge in [-0.05, 0) is 75.7 Å². The van der Waals surface area contributed by atoms with Crippen LogP contribution in [0.25, 0.3) is 6.08 Å². The van der Waals surface area contributed by atoms with E-state index in [1.54, 1.807) is 25.5 Å². The minimum absolute atomic E-state index is 0.0604. The Labute approximate surface area is 178 Å². The Morgan fingerprint density at radius 1 is 1.20 bits per heavy atom. The molecule has 1 fully saturated rings. The van der Waals surface area contributed by atoms with Crippen molar-refractivity contribution in [2.24, 2.45) is 0 Å². The second-order valence-corrected chi connectivity index (χ2v) is 7.78. The maximum Gasteiger partial charge on any atom is 0.244 e. The van der Waals surface area contributed by atoms with Crippen LogP contribution in [0, 0.1) is 0 Å². The van der Waals surface area contributed by atoms with Gasteiger partial charge in [0.05, 0.1) is 25.5 Å². The third kappa shape index (κ3) is 6.13. The highest BCUT2D eigenvalue weighted by Crippen LogP contribution is 2.29. The zero-order valence-electron chi connectivity index (χ0n) is 18.1. The second-order valence-electron chi connectivity index (χ2n) is 7.78. The highest BCUT2D eigenvalue weighted by Gasteiger charge is 2.24. The summed E-state index contributed by atoms with van der Waals surface area (Å²) in [5, 5.41) is 3.02. The van der Waals surface area contributed by atoms with E-state index in [-0.39, 0.29) is 18.1 Å². The molecule has 1 atom stereocenters. The molecule has 1 aromatic heterocycles. The number of hydrogen-bond donors (Lipinski definition) is 1. The third-order valence-corrected chi connectivity index (χ3v) is 5.15. The summed E-state index contributed by atoms with van der Waals surface area (Å²) in [7, 11) is 1.61. The topological polar surface area (TPSA) is 63.9 Å². The van der Waals surface area contributed by atoms with Gasteiger partial charge in [0.15, 0.2) is 11.5 Å². The summed E-state index contributed by atoms with van der Waals surface area (Å²) < 4.78 is 16.8. The molecule has 3 rings (SSSR count). The van der Waals surface area contributed by atoms with Gasteiger partial charge in [0, 0.05) is 12.6 Å². The van der Waals surface area contributed by atoms with Crippen molar-refractivity contribution in [1.29, 1.82) is 0 Å². The van der Waals surface area contributed by atoms with Gasteiger partial charge in [-0.3, -0.25) is 9.69 Å². The lowest BCUT2D eigenvalue weighted by atomic mass is 10.1. The number of amides is 1. The molecule has 30 heavy (non-hydrogen) atoms. The van der Waals surface area contributed by atoms with E-state index in [2.05, 4.69) is 10.2 Å². The van der Waals surface area contributed by atoms with E-state index >= 15 is 0 Å². The summed E-state index contributed by atoms with van der Waals surface area (Å²) in [5.74, 6) is 2.10. The number of hydrogen-bond acceptors (Lipinski definition) is 5. The highest BCUT2D eigenvalue weighted by molar-refractivity contribution is 5.91. The molecule has 2 heterocycles. The lowest BCUT2D eigenvalue weighted by molar-refractivity contribution is -0.116. The van der Waals surface area contributed by atoms with Crippen LogP contribution in [0.15, 0.2) is 47.1 Å². The minimum Gasteiger partial charge on any atom is -0.493 e. The largest absolute Gasteiger partial charge is 0.493 e. The van der Waals surface area contributed by atoms with Crippen molar-refractivity contribution in [2.75, 3.05) is 26.7 Å². The number of benzene rings is 1. The van der Waals surface area contributed by atoms with E-state index in [9.17, 15) is 4.79 Å². The first-order valence-electron chi connectivity index (χ1n) is 10.6. The Bertz CT molecular complexity index is 824. The van der Waals surface area contributed by atoms with E-state index in [0.29, 0.717) is 18.0 Å². The van der Waals surface area contributed by atoms with Crippen molar-refractivity contribution >= 4 is 12.0 Å². The molecule has 0 spiro atoms. The molecule has 0 bridgehead atoms.